The van der Waals surface area contributed by atoms with Crippen LogP contribution in [0.25, 0.3) is 6.08 Å². The van der Waals surface area contributed by atoms with Crippen LogP contribution in [0.2, 0.25) is 0 Å². The van der Waals surface area contributed by atoms with Crippen LogP contribution in [0.15, 0.2) is 18.8 Å². The van der Waals surface area contributed by atoms with E-state index < -0.39 is 0 Å². The second kappa shape index (κ2) is 12.5. The third-order valence-corrected chi connectivity index (χ3v) is 2.39. The van der Waals surface area contributed by atoms with Crippen LogP contribution >= 0.6 is 0 Å². The van der Waals surface area contributed by atoms with E-state index in [1.54, 1.807) is 0 Å². The fourth-order valence-electron chi connectivity index (χ4n) is 1.52. The van der Waals surface area contributed by atoms with Crippen molar-refractivity contribution >= 4 is 6.08 Å². The van der Waals surface area contributed by atoms with E-state index in [-0.39, 0.29) is 0 Å². The molecule has 18 heavy (non-hydrogen) atoms. The van der Waals surface area contributed by atoms with Crippen molar-refractivity contribution in [1.82, 2.24) is 4.57 Å². The first-order valence-corrected chi connectivity index (χ1v) is 7.33. The molecule has 0 aliphatic heterocycles. The molecule has 106 valence electrons. The lowest BCUT2D eigenvalue weighted by atomic mass is 10.0. The summed E-state index contributed by atoms with van der Waals surface area (Å²) in [5, 5.41) is 0. The summed E-state index contributed by atoms with van der Waals surface area (Å²) in [5.74, 6) is 0.776. The topological polar surface area (TPSA) is 4.93 Å². The lowest BCUT2D eigenvalue weighted by molar-refractivity contribution is 0.586. The van der Waals surface area contributed by atoms with E-state index in [9.17, 15) is 0 Å². The second-order valence-corrected chi connectivity index (χ2v) is 4.68. The van der Waals surface area contributed by atoms with Crippen molar-refractivity contribution in [1.29, 1.82) is 0 Å². The first-order valence-electron chi connectivity index (χ1n) is 7.33. The summed E-state index contributed by atoms with van der Waals surface area (Å²) >= 11 is 0. The van der Waals surface area contributed by atoms with E-state index in [0.29, 0.717) is 0 Å². The van der Waals surface area contributed by atoms with Crippen LogP contribution in [0, 0.1) is 5.92 Å². The van der Waals surface area contributed by atoms with Gasteiger partial charge in [-0.05, 0) is 36.5 Å². The fraction of sp³-hybridized carbons (Fsp3) is 0.647. The van der Waals surface area contributed by atoms with Gasteiger partial charge in [-0.25, -0.2) is 0 Å². The Morgan fingerprint density at radius 3 is 2.17 bits per heavy atom. The van der Waals surface area contributed by atoms with Gasteiger partial charge in [0.15, 0.2) is 0 Å². The molecule has 0 radical (unpaired) electrons. The minimum atomic E-state index is 0.776. The van der Waals surface area contributed by atoms with Crippen LogP contribution in [0.4, 0.5) is 0 Å². The molecule has 0 amide bonds. The molecule has 0 spiro atoms. The average molecular weight is 251 g/mol. The molecule has 0 aliphatic carbocycles. The first kappa shape index (κ1) is 19.4. The van der Waals surface area contributed by atoms with E-state index in [0.717, 1.165) is 5.92 Å². The molecule has 0 saturated heterocycles. The maximum atomic E-state index is 3.83. The van der Waals surface area contributed by atoms with Gasteiger partial charge < -0.3 is 4.57 Å². The predicted molar refractivity (Wildman–Crippen MR) is 86.0 cm³/mol. The molecule has 0 aliphatic rings. The van der Waals surface area contributed by atoms with Crippen LogP contribution in [-0.2, 0) is 13.5 Å². The Labute approximate surface area is 115 Å². The molecule has 0 aromatic carbocycles. The van der Waals surface area contributed by atoms with Crippen molar-refractivity contribution in [2.75, 3.05) is 0 Å². The smallest absolute Gasteiger partial charge is 0.0430 e. The van der Waals surface area contributed by atoms with Crippen LogP contribution in [-0.4, -0.2) is 4.57 Å². The van der Waals surface area contributed by atoms with Gasteiger partial charge >= 0.3 is 0 Å². The highest BCUT2D eigenvalue weighted by atomic mass is 14.9. The zero-order valence-corrected chi connectivity index (χ0v) is 13.6. The molecule has 0 bridgehead atoms. The molecule has 1 nitrogen and oxygen atoms in total. The molecular formula is C17H33N. The van der Waals surface area contributed by atoms with Crippen LogP contribution in [0.1, 0.15) is 65.6 Å². The Morgan fingerprint density at radius 1 is 1.28 bits per heavy atom. The van der Waals surface area contributed by atoms with Crippen molar-refractivity contribution in [3.05, 3.63) is 30.1 Å². The van der Waals surface area contributed by atoms with Crippen LogP contribution in [0.5, 0.6) is 0 Å². The van der Waals surface area contributed by atoms with E-state index in [1.165, 1.54) is 30.5 Å². The fourth-order valence-corrected chi connectivity index (χ4v) is 1.52. The second-order valence-electron chi connectivity index (χ2n) is 4.68. The third-order valence-electron chi connectivity index (χ3n) is 2.39. The first-order chi connectivity index (χ1) is 8.56. The van der Waals surface area contributed by atoms with Gasteiger partial charge in [0.2, 0.25) is 0 Å². The highest BCUT2D eigenvalue weighted by Gasteiger charge is 2.03. The molecule has 1 aromatic heterocycles. The molecule has 0 unspecified atom stereocenters. The summed E-state index contributed by atoms with van der Waals surface area (Å²) in [7, 11) is 2.07. The Hall–Kier alpha value is -0.980. The van der Waals surface area contributed by atoms with Crippen molar-refractivity contribution in [2.24, 2.45) is 13.0 Å². The number of nitrogens with zero attached hydrogens (tertiary/aromatic N) is 1. The quantitative estimate of drug-likeness (QED) is 0.647. The maximum absolute atomic E-state index is 3.83. The summed E-state index contributed by atoms with van der Waals surface area (Å²) in [6, 6.07) is 2.19. The highest BCUT2D eigenvalue weighted by Crippen LogP contribution is 2.15. The Morgan fingerprint density at radius 2 is 1.78 bits per heavy atom. The number of aromatic nitrogens is 1. The summed E-state index contributed by atoms with van der Waals surface area (Å²) in [6.45, 7) is 16.6. The minimum absolute atomic E-state index is 0.776. The number of aryl methyl sites for hydroxylation is 2. The van der Waals surface area contributed by atoms with E-state index >= 15 is 0 Å². The van der Waals surface area contributed by atoms with Gasteiger partial charge in [-0.2, -0.15) is 0 Å². The predicted octanol–water partition coefficient (Wildman–Crippen LogP) is 5.70. The van der Waals surface area contributed by atoms with Crippen LogP contribution < -0.4 is 0 Å². The monoisotopic (exact) mass is 251 g/mol. The Balaban J connectivity index is 0. The van der Waals surface area contributed by atoms with E-state index in [2.05, 4.69) is 58.2 Å². The molecule has 0 atom stereocenters. The van der Waals surface area contributed by atoms with Gasteiger partial charge in [0.1, 0.15) is 0 Å². The van der Waals surface area contributed by atoms with Crippen molar-refractivity contribution in [3.63, 3.8) is 0 Å². The summed E-state index contributed by atoms with van der Waals surface area (Å²) in [6.07, 6.45) is 7.72. The van der Waals surface area contributed by atoms with Gasteiger partial charge in [-0.15, -0.1) is 0 Å². The summed E-state index contributed by atoms with van der Waals surface area (Å²) < 4.78 is 2.13. The molecule has 0 fully saturated rings. The molecule has 1 heteroatoms. The molecule has 1 aromatic rings. The zero-order chi connectivity index (χ0) is 14.6. The largest absolute Gasteiger partial charge is 0.351 e. The molecule has 0 saturated carbocycles. The summed E-state index contributed by atoms with van der Waals surface area (Å²) in [5.41, 5.74) is 2.69. The van der Waals surface area contributed by atoms with E-state index in [1.807, 2.05) is 19.9 Å². The molecule has 1 rings (SSSR count). The Bertz CT molecular complexity index is 295. The highest BCUT2D eigenvalue weighted by molar-refractivity contribution is 5.48. The third kappa shape index (κ3) is 8.16. The lowest BCUT2D eigenvalue weighted by Crippen LogP contribution is -1.95. The molecule has 0 N–H and O–H groups in total. The minimum Gasteiger partial charge on any atom is -0.351 e. The number of rotatable bonds is 4. The maximum Gasteiger partial charge on any atom is 0.0430 e. The van der Waals surface area contributed by atoms with Crippen molar-refractivity contribution in [2.45, 2.75) is 60.8 Å². The standard InChI is InChI=1S/C12H19N.C3H8.C2H6/c1-5-12-11(7-6-10(2)3)8-9-13(12)4;1-3-2;1-2/h5,8-10H,1,6-7H2,2-4H3;3H2,1-2H3;1-2H3. The SMILES string of the molecule is C=Cc1c(CCC(C)C)ccn1C.CC.CCC. The van der Waals surface area contributed by atoms with E-state index in [4.69, 9.17) is 0 Å². The average Bonchev–Trinajstić information content (AvgIpc) is 2.70. The van der Waals surface area contributed by atoms with Gasteiger partial charge in [0.25, 0.3) is 0 Å². The number of hydrogen-bond donors (Lipinski definition) is 0. The normalized spacial score (nSPS) is 9.11. The Kier molecular flexibility index (Phi) is 13.4. The van der Waals surface area contributed by atoms with Gasteiger partial charge in [0, 0.05) is 18.9 Å². The zero-order valence-electron chi connectivity index (χ0n) is 13.6. The van der Waals surface area contributed by atoms with Crippen LogP contribution in [0.3, 0.4) is 0 Å². The molecule has 1 heterocycles. The number of hydrogen-bond acceptors (Lipinski definition) is 0. The lowest BCUT2D eigenvalue weighted by Gasteiger charge is -2.05. The van der Waals surface area contributed by atoms with Crippen molar-refractivity contribution in [3.8, 4) is 0 Å². The van der Waals surface area contributed by atoms with Gasteiger partial charge in [0.05, 0.1) is 0 Å². The van der Waals surface area contributed by atoms with Gasteiger partial charge in [-0.1, -0.05) is 54.5 Å². The summed E-state index contributed by atoms with van der Waals surface area (Å²) in [4.78, 5) is 0. The van der Waals surface area contributed by atoms with Gasteiger partial charge in [-0.3, -0.25) is 0 Å². The van der Waals surface area contributed by atoms with Crippen molar-refractivity contribution < 1.29 is 0 Å². The molecular weight excluding hydrogens is 218 g/mol.